The third kappa shape index (κ3) is 6.69. The zero-order valence-electron chi connectivity index (χ0n) is 18.2. The van der Waals surface area contributed by atoms with E-state index < -0.39 is 18.3 Å². The first-order chi connectivity index (χ1) is 15.1. The van der Waals surface area contributed by atoms with Gasteiger partial charge in [-0.15, -0.1) is 0 Å². The average molecular weight is 459 g/mol. The number of benzene rings is 1. The van der Waals surface area contributed by atoms with Crippen molar-refractivity contribution in [2.24, 2.45) is 5.92 Å². The molecule has 1 saturated carbocycles. The molecule has 1 saturated heterocycles. The Morgan fingerprint density at radius 1 is 1.06 bits per heavy atom. The lowest BCUT2D eigenvalue weighted by molar-refractivity contribution is -0.191. The van der Waals surface area contributed by atoms with Crippen LogP contribution in [0.5, 0.6) is 0 Å². The van der Waals surface area contributed by atoms with E-state index in [1.165, 1.54) is 0 Å². The minimum absolute atomic E-state index is 0.0447. The zero-order valence-corrected chi connectivity index (χ0v) is 18.2. The summed E-state index contributed by atoms with van der Waals surface area (Å²) in [7, 11) is 1.80. The average Bonchev–Trinajstić information content (AvgIpc) is 2.74. The van der Waals surface area contributed by atoms with E-state index in [2.05, 4.69) is 10.6 Å². The maximum atomic E-state index is 13.6. The second-order valence-electron chi connectivity index (χ2n) is 8.24. The number of hydrogen-bond donors (Lipinski definition) is 2. The van der Waals surface area contributed by atoms with Crippen molar-refractivity contribution in [3.05, 3.63) is 23.3 Å². The number of anilines is 2. The van der Waals surface area contributed by atoms with Crippen LogP contribution < -0.4 is 15.5 Å². The van der Waals surface area contributed by atoms with Crippen molar-refractivity contribution in [3.8, 4) is 0 Å². The van der Waals surface area contributed by atoms with Crippen LogP contribution in [-0.4, -0.2) is 50.6 Å². The van der Waals surface area contributed by atoms with Crippen LogP contribution >= 0.6 is 0 Å². The summed E-state index contributed by atoms with van der Waals surface area (Å²) in [4.78, 5) is 31.3. The SMILES string of the molecule is CNc1cc(N2CCC(F)CC2)c(C(=O)NC2CCC(C(F)(F)F)CC2)cc1C.O=C=O. The Bertz CT molecular complexity index is 809. The number of amides is 1. The standard InChI is InChI=1S/C21H29F4N3O.CO2/c1-13-11-17(19(12-18(13)26-2)28-9-7-15(22)8-10-28)20(29)27-16-5-3-14(4-6-16)21(23,24)25;2-1-3/h11-12,14-16,26H,3-10H2,1-2H3,(H,27,29);. The normalized spacial score (nSPS) is 21.8. The first-order valence-electron chi connectivity index (χ1n) is 10.7. The fourth-order valence-corrected chi connectivity index (χ4v) is 4.33. The highest BCUT2D eigenvalue weighted by Gasteiger charge is 2.41. The highest BCUT2D eigenvalue weighted by Crippen LogP contribution is 2.38. The fourth-order valence-electron chi connectivity index (χ4n) is 4.33. The number of nitrogens with one attached hydrogen (secondary N) is 2. The van der Waals surface area contributed by atoms with Gasteiger partial charge in [-0.1, -0.05) is 0 Å². The lowest BCUT2D eigenvalue weighted by atomic mass is 9.85. The molecule has 2 fully saturated rings. The van der Waals surface area contributed by atoms with Crippen molar-refractivity contribution in [2.45, 2.75) is 63.8 Å². The van der Waals surface area contributed by atoms with E-state index in [0.717, 1.165) is 16.9 Å². The van der Waals surface area contributed by atoms with Gasteiger partial charge >= 0.3 is 12.3 Å². The van der Waals surface area contributed by atoms with Crippen LogP contribution in [0.3, 0.4) is 0 Å². The summed E-state index contributed by atoms with van der Waals surface area (Å²) in [5, 5.41) is 6.04. The topological polar surface area (TPSA) is 78.5 Å². The molecule has 1 aliphatic carbocycles. The van der Waals surface area contributed by atoms with Crippen molar-refractivity contribution >= 4 is 23.4 Å². The van der Waals surface area contributed by atoms with Gasteiger partial charge in [-0.2, -0.15) is 22.8 Å². The molecule has 1 aliphatic heterocycles. The molecule has 2 aliphatic rings. The second kappa shape index (κ2) is 11.3. The first kappa shape index (κ1) is 25.6. The number of rotatable bonds is 4. The summed E-state index contributed by atoms with van der Waals surface area (Å²) in [6.07, 6.45) is -3.15. The van der Waals surface area contributed by atoms with Crippen LogP contribution in [0.2, 0.25) is 0 Å². The lowest BCUT2D eigenvalue weighted by Crippen LogP contribution is -2.41. The van der Waals surface area contributed by atoms with E-state index in [-0.39, 0.29) is 30.9 Å². The molecule has 0 spiro atoms. The molecule has 2 N–H and O–H groups in total. The number of nitrogens with zero attached hydrogens (tertiary/aromatic N) is 1. The number of aryl methyl sites for hydroxylation is 1. The van der Waals surface area contributed by atoms with E-state index in [1.54, 1.807) is 13.1 Å². The van der Waals surface area contributed by atoms with Gasteiger partial charge in [-0.05, 0) is 63.1 Å². The van der Waals surface area contributed by atoms with E-state index in [0.29, 0.717) is 44.3 Å². The van der Waals surface area contributed by atoms with Gasteiger partial charge < -0.3 is 15.5 Å². The molecule has 0 radical (unpaired) electrons. The van der Waals surface area contributed by atoms with Crippen LogP contribution in [0, 0.1) is 12.8 Å². The summed E-state index contributed by atoms with van der Waals surface area (Å²) in [5.41, 5.74) is 3.04. The number of carbonyl (C=O) groups excluding carboxylic acids is 3. The van der Waals surface area contributed by atoms with Crippen molar-refractivity contribution in [3.63, 3.8) is 0 Å². The van der Waals surface area contributed by atoms with Crippen molar-refractivity contribution in [1.29, 1.82) is 0 Å². The summed E-state index contributed by atoms with van der Waals surface area (Å²) in [5.74, 6) is -1.55. The predicted molar refractivity (Wildman–Crippen MR) is 111 cm³/mol. The quantitative estimate of drug-likeness (QED) is 0.659. The van der Waals surface area contributed by atoms with Gasteiger partial charge in [0.25, 0.3) is 5.91 Å². The molecule has 1 heterocycles. The lowest BCUT2D eigenvalue weighted by Gasteiger charge is -2.33. The van der Waals surface area contributed by atoms with Crippen molar-refractivity contribution in [2.75, 3.05) is 30.4 Å². The molecule has 1 aromatic carbocycles. The molecule has 0 aromatic heterocycles. The molecule has 1 amide bonds. The molecule has 3 rings (SSSR count). The first-order valence-corrected chi connectivity index (χ1v) is 10.7. The molecule has 6 nitrogen and oxygen atoms in total. The molecule has 10 heteroatoms. The Balaban J connectivity index is 0.00000114. The smallest absolute Gasteiger partial charge is 0.388 e. The Hall–Kier alpha value is -2.61. The van der Waals surface area contributed by atoms with Gasteiger partial charge in [0, 0.05) is 31.9 Å². The summed E-state index contributed by atoms with van der Waals surface area (Å²) in [6.45, 7) is 2.96. The maximum absolute atomic E-state index is 13.6. The second-order valence-corrected chi connectivity index (χ2v) is 8.24. The van der Waals surface area contributed by atoms with Crippen LogP contribution in [0.1, 0.15) is 54.4 Å². The fraction of sp³-hybridized carbons (Fsp3) is 0.636. The van der Waals surface area contributed by atoms with Crippen molar-refractivity contribution in [1.82, 2.24) is 5.32 Å². The Kier molecular flexibility index (Phi) is 9.07. The monoisotopic (exact) mass is 459 g/mol. The predicted octanol–water partition coefficient (Wildman–Crippen LogP) is 4.24. The number of carbonyl (C=O) groups is 1. The van der Waals surface area contributed by atoms with E-state index >= 15 is 0 Å². The van der Waals surface area contributed by atoms with Crippen LogP contribution in [0.15, 0.2) is 12.1 Å². The number of halogens is 4. The molecule has 0 unspecified atom stereocenters. The highest BCUT2D eigenvalue weighted by atomic mass is 19.4. The Labute approximate surface area is 184 Å². The minimum Gasteiger partial charge on any atom is -0.388 e. The molecule has 178 valence electrons. The largest absolute Gasteiger partial charge is 0.391 e. The summed E-state index contributed by atoms with van der Waals surface area (Å²) >= 11 is 0. The Morgan fingerprint density at radius 3 is 2.12 bits per heavy atom. The van der Waals surface area contributed by atoms with Gasteiger partial charge in [0.05, 0.1) is 17.2 Å². The van der Waals surface area contributed by atoms with E-state index in [4.69, 9.17) is 9.59 Å². The van der Waals surface area contributed by atoms with E-state index in [9.17, 15) is 22.4 Å². The third-order valence-electron chi connectivity index (χ3n) is 6.15. The minimum atomic E-state index is -4.16. The molecular weight excluding hydrogens is 430 g/mol. The number of alkyl halides is 4. The maximum Gasteiger partial charge on any atom is 0.391 e. The molecular formula is C22H29F4N3O3. The van der Waals surface area contributed by atoms with E-state index in [1.807, 2.05) is 17.9 Å². The third-order valence-corrected chi connectivity index (χ3v) is 6.15. The van der Waals surface area contributed by atoms with Gasteiger partial charge in [0.15, 0.2) is 0 Å². The van der Waals surface area contributed by atoms with Crippen LogP contribution in [-0.2, 0) is 9.59 Å². The van der Waals surface area contributed by atoms with Gasteiger partial charge in [0.1, 0.15) is 6.17 Å². The van der Waals surface area contributed by atoms with Crippen LogP contribution in [0.4, 0.5) is 28.9 Å². The molecule has 0 atom stereocenters. The summed E-state index contributed by atoms with van der Waals surface area (Å²) in [6, 6.07) is 3.46. The van der Waals surface area contributed by atoms with Gasteiger partial charge in [-0.25, -0.2) is 4.39 Å². The molecule has 32 heavy (non-hydrogen) atoms. The Morgan fingerprint density at radius 2 is 1.62 bits per heavy atom. The van der Waals surface area contributed by atoms with Gasteiger partial charge in [0.2, 0.25) is 0 Å². The summed E-state index contributed by atoms with van der Waals surface area (Å²) < 4.78 is 52.2. The molecule has 1 aromatic rings. The van der Waals surface area contributed by atoms with Gasteiger partial charge in [-0.3, -0.25) is 4.79 Å². The highest BCUT2D eigenvalue weighted by molar-refractivity contribution is 6.01. The number of hydrogen-bond acceptors (Lipinski definition) is 5. The van der Waals surface area contributed by atoms with Crippen molar-refractivity contribution < 1.29 is 31.9 Å². The number of piperidine rings is 1. The van der Waals surface area contributed by atoms with Crippen LogP contribution in [0.25, 0.3) is 0 Å². The zero-order chi connectivity index (χ0) is 23.9. The molecule has 0 bridgehead atoms.